The smallest absolute Gasteiger partial charge is 0.230 e. The fraction of sp³-hybridized carbons (Fsp3) is 0.0769. The van der Waals surface area contributed by atoms with Crippen LogP contribution in [0.25, 0.3) is 0 Å². The highest BCUT2D eigenvalue weighted by Crippen LogP contribution is 2.32. The van der Waals surface area contributed by atoms with E-state index in [0.717, 1.165) is 10.2 Å². The summed E-state index contributed by atoms with van der Waals surface area (Å²) in [6, 6.07) is 8.60. The molecule has 0 amide bonds. The van der Waals surface area contributed by atoms with E-state index in [1.807, 2.05) is 6.92 Å². The quantitative estimate of drug-likeness (QED) is 0.380. The van der Waals surface area contributed by atoms with Crippen molar-refractivity contribution >= 4 is 33.4 Å². The molecule has 0 radical (unpaired) electrons. The Labute approximate surface area is 129 Å². The minimum Gasteiger partial charge on any atom is -0.437 e. The second-order valence-corrected chi connectivity index (χ2v) is 5.29. The summed E-state index contributed by atoms with van der Waals surface area (Å²) in [5.74, 6) is 0.574. The van der Waals surface area contributed by atoms with Gasteiger partial charge in [0.1, 0.15) is 5.75 Å². The first kappa shape index (κ1) is 14.6. The molecule has 1 aromatic heterocycles. The number of nitrogens with zero attached hydrogens (tertiary/aromatic N) is 2. The summed E-state index contributed by atoms with van der Waals surface area (Å²) in [5.41, 5.74) is 6.73. The number of rotatable bonds is 3. The fourth-order valence-corrected chi connectivity index (χ4v) is 2.23. The van der Waals surface area contributed by atoms with E-state index in [4.69, 9.17) is 27.3 Å². The highest BCUT2D eigenvalue weighted by atomic mass is 79.9. The Kier molecular flexibility index (Phi) is 4.46. The van der Waals surface area contributed by atoms with E-state index in [2.05, 4.69) is 26.1 Å². The summed E-state index contributed by atoms with van der Waals surface area (Å²) < 4.78 is 6.50. The molecule has 20 heavy (non-hydrogen) atoms. The number of benzene rings is 1. The van der Waals surface area contributed by atoms with E-state index in [0.29, 0.717) is 16.3 Å². The normalized spacial score (nSPS) is 11.4. The molecule has 0 fully saturated rings. The number of hydrogen-bond donors (Lipinski definition) is 2. The van der Waals surface area contributed by atoms with Crippen LogP contribution in [0.15, 0.2) is 40.0 Å². The van der Waals surface area contributed by atoms with Gasteiger partial charge in [0.15, 0.2) is 5.84 Å². The Balaban J connectivity index is 2.44. The number of aryl methyl sites for hydroxylation is 1. The van der Waals surface area contributed by atoms with E-state index < -0.39 is 0 Å². The molecule has 0 aliphatic rings. The first-order valence-electron chi connectivity index (χ1n) is 5.59. The lowest BCUT2D eigenvalue weighted by Gasteiger charge is -2.11. The molecule has 2 rings (SSSR count). The maximum atomic E-state index is 8.79. The lowest BCUT2D eigenvalue weighted by molar-refractivity contribution is 0.318. The fourth-order valence-electron chi connectivity index (χ4n) is 1.52. The van der Waals surface area contributed by atoms with Crippen molar-refractivity contribution < 1.29 is 9.94 Å². The van der Waals surface area contributed by atoms with Gasteiger partial charge >= 0.3 is 0 Å². The van der Waals surface area contributed by atoms with Crippen LogP contribution in [0.3, 0.4) is 0 Å². The number of halogens is 2. The monoisotopic (exact) mass is 355 g/mol. The van der Waals surface area contributed by atoms with Gasteiger partial charge in [-0.2, -0.15) is 0 Å². The zero-order chi connectivity index (χ0) is 14.7. The molecular weight excluding hydrogens is 346 g/mol. The zero-order valence-electron chi connectivity index (χ0n) is 10.5. The van der Waals surface area contributed by atoms with E-state index in [-0.39, 0.29) is 11.7 Å². The number of aromatic nitrogens is 1. The lowest BCUT2D eigenvalue weighted by Crippen LogP contribution is -2.15. The highest BCUT2D eigenvalue weighted by Gasteiger charge is 2.13. The molecule has 0 saturated carbocycles. The van der Waals surface area contributed by atoms with E-state index in [1.165, 1.54) is 0 Å². The molecule has 2 aromatic rings. The lowest BCUT2D eigenvalue weighted by atomic mass is 10.2. The van der Waals surface area contributed by atoms with Gasteiger partial charge in [-0.1, -0.05) is 32.7 Å². The van der Waals surface area contributed by atoms with Gasteiger partial charge in [0.05, 0.1) is 10.6 Å². The molecule has 0 atom stereocenters. The summed E-state index contributed by atoms with van der Waals surface area (Å²) in [6.07, 6.45) is 0. The van der Waals surface area contributed by atoms with Crippen LogP contribution in [0.2, 0.25) is 5.02 Å². The molecular formula is C13H11BrClN3O2. The Bertz CT molecular complexity index is 677. The SMILES string of the molecule is Cc1ccc(C(N)=NO)c(Oc2ccc(Br)cc2Cl)n1. The van der Waals surface area contributed by atoms with Crippen molar-refractivity contribution in [3.05, 3.63) is 51.1 Å². The van der Waals surface area contributed by atoms with E-state index >= 15 is 0 Å². The minimum absolute atomic E-state index is 0.0827. The van der Waals surface area contributed by atoms with Crippen molar-refractivity contribution in [2.24, 2.45) is 10.9 Å². The molecule has 0 saturated heterocycles. The largest absolute Gasteiger partial charge is 0.437 e. The highest BCUT2D eigenvalue weighted by molar-refractivity contribution is 9.10. The molecule has 0 unspecified atom stereocenters. The molecule has 3 N–H and O–H groups in total. The molecule has 7 heteroatoms. The second-order valence-electron chi connectivity index (χ2n) is 3.97. The summed E-state index contributed by atoms with van der Waals surface area (Å²) in [7, 11) is 0. The van der Waals surface area contributed by atoms with E-state index in [9.17, 15) is 0 Å². The van der Waals surface area contributed by atoms with Gasteiger partial charge in [0, 0.05) is 10.2 Å². The average Bonchev–Trinajstić information content (AvgIpc) is 2.41. The number of hydrogen-bond acceptors (Lipinski definition) is 4. The Hall–Kier alpha value is -1.79. The van der Waals surface area contributed by atoms with Crippen molar-refractivity contribution in [1.29, 1.82) is 0 Å². The maximum absolute atomic E-state index is 8.79. The molecule has 0 bridgehead atoms. The second kappa shape index (κ2) is 6.11. The van der Waals surface area contributed by atoms with Gasteiger partial charge in [-0.25, -0.2) is 4.98 Å². The van der Waals surface area contributed by atoms with Gasteiger partial charge in [-0.05, 0) is 37.3 Å². The van der Waals surface area contributed by atoms with Crippen LogP contribution in [0, 0.1) is 6.92 Å². The zero-order valence-corrected chi connectivity index (χ0v) is 12.8. The maximum Gasteiger partial charge on any atom is 0.230 e. The van der Waals surface area contributed by atoms with Crippen LogP contribution < -0.4 is 10.5 Å². The Morgan fingerprint density at radius 3 is 2.80 bits per heavy atom. The third kappa shape index (κ3) is 3.20. The van der Waals surface area contributed by atoms with Gasteiger partial charge in [-0.3, -0.25) is 0 Å². The Morgan fingerprint density at radius 1 is 1.40 bits per heavy atom. The summed E-state index contributed by atoms with van der Waals surface area (Å²) >= 11 is 9.41. The molecule has 0 spiro atoms. The molecule has 1 heterocycles. The molecule has 104 valence electrons. The summed E-state index contributed by atoms with van der Waals surface area (Å²) in [6.45, 7) is 1.81. The van der Waals surface area contributed by atoms with Crippen molar-refractivity contribution in [2.75, 3.05) is 0 Å². The molecule has 0 aliphatic heterocycles. The first-order valence-corrected chi connectivity index (χ1v) is 6.77. The predicted molar refractivity (Wildman–Crippen MR) is 80.7 cm³/mol. The van der Waals surface area contributed by atoms with Gasteiger partial charge < -0.3 is 15.7 Å². The van der Waals surface area contributed by atoms with Crippen molar-refractivity contribution in [3.63, 3.8) is 0 Å². The average molecular weight is 357 g/mol. The third-order valence-electron chi connectivity index (χ3n) is 2.48. The number of nitrogens with two attached hydrogens (primary N) is 1. The first-order chi connectivity index (χ1) is 9.51. The number of ether oxygens (including phenoxy) is 1. The number of amidine groups is 1. The van der Waals surface area contributed by atoms with Crippen molar-refractivity contribution in [3.8, 4) is 11.6 Å². The predicted octanol–water partition coefficient (Wildman–Crippen LogP) is 3.69. The van der Waals surface area contributed by atoms with Crippen LogP contribution in [0.1, 0.15) is 11.3 Å². The van der Waals surface area contributed by atoms with Gasteiger partial charge in [-0.15, -0.1) is 0 Å². The summed E-state index contributed by atoms with van der Waals surface area (Å²) in [4.78, 5) is 4.24. The third-order valence-corrected chi connectivity index (χ3v) is 3.27. The minimum atomic E-state index is -0.0827. The van der Waals surface area contributed by atoms with Crippen LogP contribution in [-0.4, -0.2) is 16.0 Å². The van der Waals surface area contributed by atoms with Crippen LogP contribution in [0.5, 0.6) is 11.6 Å². The molecule has 5 nitrogen and oxygen atoms in total. The molecule has 0 aliphatic carbocycles. The molecule has 1 aromatic carbocycles. The number of oxime groups is 1. The number of pyridine rings is 1. The van der Waals surface area contributed by atoms with Gasteiger partial charge in [0.2, 0.25) is 5.88 Å². The van der Waals surface area contributed by atoms with Crippen LogP contribution >= 0.6 is 27.5 Å². The van der Waals surface area contributed by atoms with Crippen molar-refractivity contribution in [1.82, 2.24) is 4.98 Å². The van der Waals surface area contributed by atoms with Crippen LogP contribution in [0.4, 0.5) is 0 Å². The summed E-state index contributed by atoms with van der Waals surface area (Å²) in [5, 5.41) is 12.2. The van der Waals surface area contributed by atoms with Gasteiger partial charge in [0.25, 0.3) is 0 Å². The standard InChI is InChI=1S/C13H11BrClN3O2/c1-7-2-4-9(12(16)18-19)13(17-7)20-11-5-3-8(14)6-10(11)15/h2-6,19H,1H3,(H2,16,18). The van der Waals surface area contributed by atoms with Crippen molar-refractivity contribution in [2.45, 2.75) is 6.92 Å². The Morgan fingerprint density at radius 2 is 2.15 bits per heavy atom. The van der Waals surface area contributed by atoms with E-state index in [1.54, 1.807) is 30.3 Å². The van der Waals surface area contributed by atoms with Crippen LogP contribution in [-0.2, 0) is 0 Å². The topological polar surface area (TPSA) is 80.7 Å².